The van der Waals surface area contributed by atoms with Crippen LogP contribution in [-0.4, -0.2) is 42.9 Å². The van der Waals surface area contributed by atoms with Crippen molar-refractivity contribution in [1.82, 2.24) is 9.80 Å². The maximum atomic E-state index is 11.7. The molecule has 0 radical (unpaired) electrons. The van der Waals surface area contributed by atoms with Gasteiger partial charge in [0.25, 0.3) is 0 Å². The van der Waals surface area contributed by atoms with Crippen LogP contribution in [0.5, 0.6) is 0 Å². The van der Waals surface area contributed by atoms with E-state index in [-0.39, 0.29) is 5.91 Å². The van der Waals surface area contributed by atoms with Crippen molar-refractivity contribution in [3.05, 3.63) is 35.9 Å². The first-order valence-corrected chi connectivity index (χ1v) is 6.10. The smallest absolute Gasteiger partial charge is 0.236 e. The Balaban J connectivity index is 2.57. The zero-order chi connectivity index (χ0) is 12.7. The van der Waals surface area contributed by atoms with Gasteiger partial charge in [-0.05, 0) is 18.5 Å². The summed E-state index contributed by atoms with van der Waals surface area (Å²) in [6, 6.07) is 10.3. The van der Waals surface area contributed by atoms with Crippen LogP contribution in [0.4, 0.5) is 0 Å². The number of nitrogens with zero attached hydrogens (tertiary/aromatic N) is 2. The predicted octanol–water partition coefficient (Wildman–Crippen LogP) is 1.99. The number of hydrogen-bond acceptors (Lipinski definition) is 2. The lowest BCUT2D eigenvalue weighted by molar-refractivity contribution is -0.130. The van der Waals surface area contributed by atoms with Gasteiger partial charge in [0, 0.05) is 20.6 Å². The van der Waals surface area contributed by atoms with Gasteiger partial charge in [-0.2, -0.15) is 0 Å². The van der Waals surface area contributed by atoms with Crippen LogP contribution < -0.4 is 0 Å². The number of amides is 1. The van der Waals surface area contributed by atoms with Gasteiger partial charge in [0.15, 0.2) is 0 Å². The van der Waals surface area contributed by atoms with E-state index in [9.17, 15) is 4.79 Å². The van der Waals surface area contributed by atoms with E-state index < -0.39 is 0 Å². The van der Waals surface area contributed by atoms with Gasteiger partial charge in [-0.25, -0.2) is 0 Å². The van der Waals surface area contributed by atoms with Crippen LogP contribution in [0.3, 0.4) is 0 Å². The zero-order valence-corrected chi connectivity index (χ0v) is 11.0. The van der Waals surface area contributed by atoms with Gasteiger partial charge >= 0.3 is 0 Å². The Morgan fingerprint density at radius 3 is 2.35 bits per heavy atom. The number of benzene rings is 1. The Kier molecular flexibility index (Phi) is 5.70. The van der Waals surface area contributed by atoms with E-state index in [1.807, 2.05) is 18.2 Å². The van der Waals surface area contributed by atoms with Gasteiger partial charge in [0.2, 0.25) is 5.91 Å². The predicted molar refractivity (Wildman–Crippen MR) is 70.7 cm³/mol. The highest BCUT2D eigenvalue weighted by molar-refractivity contribution is 5.77. The summed E-state index contributed by atoms with van der Waals surface area (Å²) in [7, 11) is 3.60. The molecule has 1 aromatic rings. The van der Waals surface area contributed by atoms with E-state index in [1.54, 1.807) is 19.0 Å². The molecule has 0 fully saturated rings. The lowest BCUT2D eigenvalue weighted by Crippen LogP contribution is -2.36. The molecule has 0 N–H and O–H groups in total. The van der Waals surface area contributed by atoms with Crippen LogP contribution in [0, 0.1) is 0 Å². The van der Waals surface area contributed by atoms with Crippen LogP contribution in [0.15, 0.2) is 30.3 Å². The highest BCUT2D eigenvalue weighted by Crippen LogP contribution is 2.05. The molecule has 0 aromatic heterocycles. The monoisotopic (exact) mass is 234 g/mol. The van der Waals surface area contributed by atoms with E-state index in [0.29, 0.717) is 6.54 Å². The van der Waals surface area contributed by atoms with Crippen LogP contribution in [0.1, 0.15) is 18.9 Å². The summed E-state index contributed by atoms with van der Waals surface area (Å²) in [5.74, 6) is 0.161. The third kappa shape index (κ3) is 5.00. The molecule has 0 saturated heterocycles. The SMILES string of the molecule is CCCN(CC(=O)N(C)C)Cc1ccccc1. The van der Waals surface area contributed by atoms with Crippen molar-refractivity contribution in [3.63, 3.8) is 0 Å². The Labute approximate surface area is 104 Å². The quantitative estimate of drug-likeness (QED) is 0.751. The zero-order valence-electron chi connectivity index (χ0n) is 11.0. The van der Waals surface area contributed by atoms with Crippen LogP contribution in [-0.2, 0) is 11.3 Å². The summed E-state index contributed by atoms with van der Waals surface area (Å²) >= 11 is 0. The minimum absolute atomic E-state index is 0.161. The molecule has 0 heterocycles. The second kappa shape index (κ2) is 7.07. The van der Waals surface area contributed by atoms with Gasteiger partial charge in [0.1, 0.15) is 0 Å². The van der Waals surface area contributed by atoms with Crippen molar-refractivity contribution >= 4 is 5.91 Å². The Bertz CT molecular complexity index is 335. The molecule has 1 amide bonds. The number of rotatable bonds is 6. The number of carbonyl (C=O) groups excluding carboxylic acids is 1. The molecule has 1 rings (SSSR count). The Morgan fingerprint density at radius 1 is 1.18 bits per heavy atom. The molecule has 0 bridgehead atoms. The van der Waals surface area contributed by atoms with Crippen LogP contribution in [0.2, 0.25) is 0 Å². The molecule has 0 spiro atoms. The highest BCUT2D eigenvalue weighted by atomic mass is 16.2. The topological polar surface area (TPSA) is 23.6 Å². The molecule has 0 saturated carbocycles. The summed E-state index contributed by atoms with van der Waals surface area (Å²) in [5.41, 5.74) is 1.26. The highest BCUT2D eigenvalue weighted by Gasteiger charge is 2.11. The van der Waals surface area contributed by atoms with Crippen LogP contribution >= 0.6 is 0 Å². The molecular weight excluding hydrogens is 212 g/mol. The standard InChI is InChI=1S/C14H22N2O/c1-4-10-16(12-14(17)15(2)3)11-13-8-6-5-7-9-13/h5-9H,4,10-12H2,1-3H3. The summed E-state index contributed by atoms with van der Waals surface area (Å²) in [4.78, 5) is 15.5. The molecule has 3 nitrogen and oxygen atoms in total. The van der Waals surface area contributed by atoms with Crippen LogP contribution in [0.25, 0.3) is 0 Å². The number of likely N-dealkylation sites (N-methyl/N-ethyl adjacent to an activating group) is 1. The summed E-state index contributed by atoms with van der Waals surface area (Å²) in [6.45, 7) is 4.43. The largest absolute Gasteiger partial charge is 0.348 e. The van der Waals surface area contributed by atoms with Gasteiger partial charge in [-0.1, -0.05) is 37.3 Å². The molecule has 0 unspecified atom stereocenters. The molecular formula is C14H22N2O. The maximum Gasteiger partial charge on any atom is 0.236 e. The fraction of sp³-hybridized carbons (Fsp3) is 0.500. The van der Waals surface area contributed by atoms with E-state index in [4.69, 9.17) is 0 Å². The van der Waals surface area contributed by atoms with Crippen molar-refractivity contribution in [2.24, 2.45) is 0 Å². The van der Waals surface area contributed by atoms with E-state index in [2.05, 4.69) is 24.0 Å². The average molecular weight is 234 g/mol. The van der Waals surface area contributed by atoms with Crippen molar-refractivity contribution in [2.75, 3.05) is 27.2 Å². The van der Waals surface area contributed by atoms with E-state index in [1.165, 1.54) is 5.56 Å². The van der Waals surface area contributed by atoms with Crippen molar-refractivity contribution < 1.29 is 4.79 Å². The normalized spacial score (nSPS) is 10.6. The second-order valence-electron chi connectivity index (χ2n) is 4.48. The molecule has 0 aliphatic heterocycles. The molecule has 1 aromatic carbocycles. The second-order valence-corrected chi connectivity index (χ2v) is 4.48. The third-order valence-corrected chi connectivity index (χ3v) is 2.65. The Hall–Kier alpha value is -1.35. The lowest BCUT2D eigenvalue weighted by atomic mass is 10.2. The van der Waals surface area contributed by atoms with Crippen molar-refractivity contribution in [2.45, 2.75) is 19.9 Å². The summed E-state index contributed by atoms with van der Waals surface area (Å²) in [6.07, 6.45) is 1.06. The maximum absolute atomic E-state index is 11.7. The van der Waals surface area contributed by atoms with E-state index >= 15 is 0 Å². The summed E-state index contributed by atoms with van der Waals surface area (Å²) in [5, 5.41) is 0. The van der Waals surface area contributed by atoms with Crippen molar-refractivity contribution in [1.29, 1.82) is 0 Å². The molecule has 0 aliphatic carbocycles. The van der Waals surface area contributed by atoms with E-state index in [0.717, 1.165) is 19.5 Å². The average Bonchev–Trinajstić information content (AvgIpc) is 2.30. The fourth-order valence-electron chi connectivity index (χ4n) is 1.70. The molecule has 3 heteroatoms. The lowest BCUT2D eigenvalue weighted by Gasteiger charge is -2.23. The molecule has 0 atom stereocenters. The first-order valence-electron chi connectivity index (χ1n) is 6.10. The molecule has 94 valence electrons. The van der Waals surface area contributed by atoms with Crippen molar-refractivity contribution in [3.8, 4) is 0 Å². The van der Waals surface area contributed by atoms with Gasteiger partial charge < -0.3 is 4.90 Å². The molecule has 0 aliphatic rings. The minimum Gasteiger partial charge on any atom is -0.348 e. The first-order chi connectivity index (χ1) is 8.13. The minimum atomic E-state index is 0.161. The van der Waals surface area contributed by atoms with Gasteiger partial charge in [-0.15, -0.1) is 0 Å². The van der Waals surface area contributed by atoms with Gasteiger partial charge in [0.05, 0.1) is 6.54 Å². The number of carbonyl (C=O) groups is 1. The first kappa shape index (κ1) is 13.7. The third-order valence-electron chi connectivity index (χ3n) is 2.65. The fourth-order valence-corrected chi connectivity index (χ4v) is 1.70. The number of hydrogen-bond donors (Lipinski definition) is 0. The van der Waals surface area contributed by atoms with Gasteiger partial charge in [-0.3, -0.25) is 9.69 Å². The molecule has 17 heavy (non-hydrogen) atoms. The Morgan fingerprint density at radius 2 is 1.82 bits per heavy atom. The summed E-state index contributed by atoms with van der Waals surface area (Å²) < 4.78 is 0.